The number of hydrogen-bond donors (Lipinski definition) is 1. The molecule has 2 rings (SSSR count). The molecule has 1 heterocycles. The minimum atomic E-state index is -2.38. The van der Waals surface area contributed by atoms with Gasteiger partial charge in [0.15, 0.2) is 4.34 Å². The van der Waals surface area contributed by atoms with E-state index in [9.17, 15) is 5.11 Å². The van der Waals surface area contributed by atoms with Crippen LogP contribution in [0.5, 0.6) is 0 Å². The Hall–Kier alpha value is 0.340. The Kier molecular flexibility index (Phi) is 11.2. The highest BCUT2D eigenvalue weighted by molar-refractivity contribution is 8.67. The molecular weight excluding hydrogens is 437 g/mol. The first-order valence-corrected chi connectivity index (χ1v) is 15.3. The summed E-state index contributed by atoms with van der Waals surface area (Å²) in [5, 5.41) is 10.4. The van der Waals surface area contributed by atoms with Crippen LogP contribution >= 0.6 is 40.2 Å². The zero-order valence-electron chi connectivity index (χ0n) is 15.8. The number of benzene rings is 1. The number of rotatable bonds is 14. The second-order valence-corrected chi connectivity index (χ2v) is 14.7. The van der Waals surface area contributed by atoms with Gasteiger partial charge in [-0.2, -0.15) is 0 Å². The molecule has 0 aliphatic carbocycles. The minimum Gasteiger partial charge on any atom is -0.391 e. The van der Waals surface area contributed by atoms with Crippen LogP contribution in [0, 0.1) is 0 Å². The standard InChI is InChI=1S/C18H28NO3PS4/c1-3-5-11-21-23(24,22-12-6-4-2)26-14-15(20)13-25-18-19-16-9-7-8-10-17(16)27-18/h7-10,15,20H,3-6,11-14H2,1-2H3. The third-order valence-electron chi connectivity index (χ3n) is 3.59. The van der Waals surface area contributed by atoms with Crippen LogP contribution in [-0.2, 0) is 20.9 Å². The van der Waals surface area contributed by atoms with E-state index in [1.165, 1.54) is 16.1 Å². The molecule has 1 unspecified atom stereocenters. The molecule has 4 nitrogen and oxygen atoms in total. The van der Waals surface area contributed by atoms with Gasteiger partial charge >= 0.3 is 0 Å². The molecule has 0 aliphatic rings. The molecule has 152 valence electrons. The molecule has 0 amide bonds. The third-order valence-corrected chi connectivity index (χ3v) is 11.4. The summed E-state index contributed by atoms with van der Waals surface area (Å²) >= 11 is 10.4. The van der Waals surface area contributed by atoms with Crippen LogP contribution in [-0.4, -0.2) is 40.9 Å². The maximum atomic E-state index is 10.4. The summed E-state index contributed by atoms with van der Waals surface area (Å²) in [4.78, 5) is 4.59. The van der Waals surface area contributed by atoms with Crippen LogP contribution in [0.25, 0.3) is 10.2 Å². The molecule has 0 bridgehead atoms. The van der Waals surface area contributed by atoms with E-state index in [2.05, 4.69) is 24.9 Å². The Labute approximate surface area is 179 Å². The lowest BCUT2D eigenvalue weighted by Gasteiger charge is -2.22. The largest absolute Gasteiger partial charge is 0.391 e. The molecule has 1 aromatic heterocycles. The van der Waals surface area contributed by atoms with E-state index in [1.807, 2.05) is 18.2 Å². The SMILES string of the molecule is CCCCOP(=S)(OCCCC)SCC(O)CSc1nc2ccccc2s1. The molecule has 1 atom stereocenters. The molecule has 1 aromatic carbocycles. The Bertz CT molecular complexity index is 680. The molecule has 0 saturated heterocycles. The van der Waals surface area contributed by atoms with Gasteiger partial charge in [0.05, 0.1) is 29.5 Å². The fourth-order valence-electron chi connectivity index (χ4n) is 2.06. The number of aromatic nitrogens is 1. The predicted molar refractivity (Wildman–Crippen MR) is 125 cm³/mol. The minimum absolute atomic E-state index is 0.473. The average Bonchev–Trinajstić information content (AvgIpc) is 3.08. The van der Waals surface area contributed by atoms with E-state index in [0.29, 0.717) is 24.7 Å². The Balaban J connectivity index is 1.80. The normalized spacial score (nSPS) is 13.3. The summed E-state index contributed by atoms with van der Waals surface area (Å²) < 4.78 is 14.0. The van der Waals surface area contributed by atoms with Crippen molar-refractivity contribution in [3.63, 3.8) is 0 Å². The van der Waals surface area contributed by atoms with Crippen molar-refractivity contribution >= 4 is 62.2 Å². The third kappa shape index (κ3) is 8.70. The van der Waals surface area contributed by atoms with Crippen molar-refractivity contribution in [1.29, 1.82) is 0 Å². The Morgan fingerprint density at radius 2 is 1.81 bits per heavy atom. The highest BCUT2D eigenvalue weighted by Crippen LogP contribution is 2.61. The van der Waals surface area contributed by atoms with Crippen LogP contribution in [0.1, 0.15) is 39.5 Å². The molecule has 1 N–H and O–H groups in total. The average molecular weight is 466 g/mol. The van der Waals surface area contributed by atoms with Crippen molar-refractivity contribution in [2.45, 2.75) is 50.0 Å². The van der Waals surface area contributed by atoms with Gasteiger partial charge < -0.3 is 14.2 Å². The number of aliphatic hydroxyl groups is 1. The molecule has 0 spiro atoms. The van der Waals surface area contributed by atoms with Crippen molar-refractivity contribution in [3.8, 4) is 0 Å². The van der Waals surface area contributed by atoms with Gasteiger partial charge in [0.25, 0.3) is 0 Å². The first-order valence-electron chi connectivity index (χ1n) is 9.26. The number of aliphatic hydroxyl groups excluding tert-OH is 1. The summed E-state index contributed by atoms with van der Waals surface area (Å²) in [6.45, 7) is 5.51. The van der Waals surface area contributed by atoms with Gasteiger partial charge in [-0.05, 0) is 36.8 Å². The fraction of sp³-hybridized carbons (Fsp3) is 0.611. The number of unbranched alkanes of at least 4 members (excludes halogenated alkanes) is 2. The molecule has 0 saturated carbocycles. The van der Waals surface area contributed by atoms with Crippen LogP contribution in [0.4, 0.5) is 0 Å². The van der Waals surface area contributed by atoms with Gasteiger partial charge in [0, 0.05) is 11.5 Å². The summed E-state index contributed by atoms with van der Waals surface area (Å²) in [5.41, 5.74) is -1.37. The van der Waals surface area contributed by atoms with Crippen LogP contribution < -0.4 is 0 Å². The summed E-state index contributed by atoms with van der Waals surface area (Å²) in [6.07, 6.45) is 3.62. The van der Waals surface area contributed by atoms with Gasteiger partial charge in [0.2, 0.25) is 5.69 Å². The molecule has 0 radical (unpaired) electrons. The van der Waals surface area contributed by atoms with Crippen molar-refractivity contribution in [3.05, 3.63) is 24.3 Å². The number of thiazole rings is 1. The first-order chi connectivity index (χ1) is 13.1. The lowest BCUT2D eigenvalue weighted by atomic mass is 10.3. The monoisotopic (exact) mass is 465 g/mol. The van der Waals surface area contributed by atoms with Crippen LogP contribution in [0.15, 0.2) is 28.6 Å². The van der Waals surface area contributed by atoms with Gasteiger partial charge in [0.1, 0.15) is 0 Å². The number of hydrogen-bond acceptors (Lipinski definition) is 8. The zero-order chi connectivity index (χ0) is 19.5. The lowest BCUT2D eigenvalue weighted by molar-refractivity contribution is 0.224. The van der Waals surface area contributed by atoms with Crippen molar-refractivity contribution in [2.24, 2.45) is 0 Å². The van der Waals surface area contributed by atoms with E-state index in [-0.39, 0.29) is 0 Å². The molecule has 27 heavy (non-hydrogen) atoms. The predicted octanol–water partition coefficient (Wildman–Crippen LogP) is 6.34. The van der Waals surface area contributed by atoms with Crippen molar-refractivity contribution in [1.82, 2.24) is 4.98 Å². The fourth-order valence-corrected chi connectivity index (χ4v) is 8.58. The highest BCUT2D eigenvalue weighted by Gasteiger charge is 2.22. The maximum Gasteiger partial charge on any atom is 0.247 e. The van der Waals surface area contributed by atoms with Gasteiger partial charge in [-0.15, -0.1) is 11.3 Å². The van der Waals surface area contributed by atoms with Gasteiger partial charge in [-0.3, -0.25) is 0 Å². The van der Waals surface area contributed by atoms with Crippen LogP contribution in [0.3, 0.4) is 0 Å². The number of fused-ring (bicyclic) bond motifs is 1. The summed E-state index contributed by atoms with van der Waals surface area (Å²) in [7, 11) is 0. The highest BCUT2D eigenvalue weighted by atomic mass is 32.9. The smallest absolute Gasteiger partial charge is 0.247 e. The van der Waals surface area contributed by atoms with Crippen LogP contribution in [0.2, 0.25) is 0 Å². The second-order valence-electron chi connectivity index (χ2n) is 6.03. The quantitative estimate of drug-likeness (QED) is 0.198. The van der Waals surface area contributed by atoms with E-state index in [4.69, 9.17) is 20.9 Å². The first kappa shape index (κ1) is 23.6. The Morgan fingerprint density at radius 1 is 1.15 bits per heavy atom. The molecular formula is C18H28NO3PS4. The zero-order valence-corrected chi connectivity index (χ0v) is 20.0. The molecule has 2 aromatic rings. The second kappa shape index (κ2) is 12.8. The molecule has 0 fully saturated rings. The molecule has 0 aliphatic heterocycles. The molecule has 9 heteroatoms. The van der Waals surface area contributed by atoms with Gasteiger partial charge in [-0.25, -0.2) is 4.98 Å². The number of thioether (sulfide) groups is 1. The summed E-state index contributed by atoms with van der Waals surface area (Å²) in [6, 6.07) is 8.09. The van der Waals surface area contributed by atoms with E-state index >= 15 is 0 Å². The summed E-state index contributed by atoms with van der Waals surface area (Å²) in [5.74, 6) is 1.11. The van der Waals surface area contributed by atoms with E-state index < -0.39 is 11.8 Å². The number of para-hydroxylation sites is 1. The lowest BCUT2D eigenvalue weighted by Crippen LogP contribution is -2.13. The van der Waals surface area contributed by atoms with Crippen molar-refractivity contribution in [2.75, 3.05) is 24.7 Å². The topological polar surface area (TPSA) is 51.6 Å². The Morgan fingerprint density at radius 3 is 2.44 bits per heavy atom. The number of nitrogens with zero attached hydrogens (tertiary/aromatic N) is 1. The van der Waals surface area contributed by atoms with Gasteiger partial charge in [-0.1, -0.05) is 62.0 Å². The maximum absolute atomic E-state index is 10.4. The van der Waals surface area contributed by atoms with E-state index in [0.717, 1.165) is 35.5 Å². The van der Waals surface area contributed by atoms with Crippen molar-refractivity contribution < 1.29 is 14.2 Å². The van der Waals surface area contributed by atoms with E-state index in [1.54, 1.807) is 23.1 Å².